The summed E-state index contributed by atoms with van der Waals surface area (Å²) in [6.07, 6.45) is 2.84. The van der Waals surface area contributed by atoms with Crippen LogP contribution in [0.4, 0.5) is 0 Å². The molecule has 0 atom stereocenters. The molecule has 0 aliphatic heterocycles. The molecule has 0 nitrogen and oxygen atoms in total. The molecular formula is C22H20I2V. The van der Waals surface area contributed by atoms with Crippen molar-refractivity contribution in [2.75, 3.05) is 0 Å². The Labute approximate surface area is 180 Å². The summed E-state index contributed by atoms with van der Waals surface area (Å²) in [6, 6.07) is 26.1. The van der Waals surface area contributed by atoms with Gasteiger partial charge in [0.05, 0.1) is 0 Å². The Balaban J connectivity index is 0.000000701. The van der Waals surface area contributed by atoms with E-state index in [-0.39, 0.29) is 0 Å². The molecule has 0 N–H and O–H groups in total. The van der Waals surface area contributed by atoms with Crippen LogP contribution in [0.15, 0.2) is 79.4 Å². The van der Waals surface area contributed by atoms with Crippen molar-refractivity contribution in [2.24, 2.45) is 0 Å². The van der Waals surface area contributed by atoms with E-state index in [1.807, 2.05) is 6.08 Å². The van der Waals surface area contributed by atoms with E-state index in [2.05, 4.69) is 126 Å². The van der Waals surface area contributed by atoms with E-state index in [1.165, 1.54) is 33.4 Å². The van der Waals surface area contributed by atoms with E-state index in [0.717, 1.165) is 6.42 Å². The van der Waals surface area contributed by atoms with Crippen molar-refractivity contribution in [3.8, 4) is 11.1 Å². The van der Waals surface area contributed by atoms with Gasteiger partial charge < -0.3 is 0 Å². The van der Waals surface area contributed by atoms with Gasteiger partial charge in [0.15, 0.2) is 0 Å². The standard InChI is InChI=1S/C22H20.2HI.V/c1-3-18-6-8-19(9-7-18)16-20-10-14-22(15-11-20)21-12-4-17(2)5-13-21;;;/h3-15H,1,16H2,2H3;2*1H;/q;;;+2/p-2. The molecule has 3 rings (SSSR count). The minimum atomic E-state index is 0.628. The van der Waals surface area contributed by atoms with E-state index in [9.17, 15) is 0 Å². The molecule has 3 aromatic rings. The first kappa shape index (κ1) is 20.8. The predicted octanol–water partition coefficient (Wildman–Crippen LogP) is 7.66. The van der Waals surface area contributed by atoms with Gasteiger partial charge in [0.2, 0.25) is 0 Å². The van der Waals surface area contributed by atoms with E-state index in [0.29, 0.717) is 9.47 Å². The summed E-state index contributed by atoms with van der Waals surface area (Å²) in [5.41, 5.74) is 7.66. The summed E-state index contributed by atoms with van der Waals surface area (Å²) < 4.78 is 0. The number of aryl methyl sites for hydroxylation is 1. The average molecular weight is 589 g/mol. The molecule has 0 amide bonds. The monoisotopic (exact) mass is 589 g/mol. The third kappa shape index (κ3) is 6.93. The van der Waals surface area contributed by atoms with Crippen molar-refractivity contribution in [3.05, 3.63) is 102 Å². The molecule has 25 heavy (non-hydrogen) atoms. The molecule has 0 saturated heterocycles. The second-order valence-corrected chi connectivity index (χ2v) is 17.5. The van der Waals surface area contributed by atoms with Gasteiger partial charge in [-0.2, -0.15) is 0 Å². The number of benzene rings is 3. The summed E-state index contributed by atoms with van der Waals surface area (Å²) in [5, 5.41) is 0. The van der Waals surface area contributed by atoms with Gasteiger partial charge in [-0.15, -0.1) is 0 Å². The zero-order chi connectivity index (χ0) is 18.1. The van der Waals surface area contributed by atoms with Crippen LogP contribution in [-0.4, -0.2) is 0 Å². The van der Waals surface area contributed by atoms with Gasteiger partial charge in [-0.1, -0.05) is 91.0 Å². The van der Waals surface area contributed by atoms with Crippen LogP contribution >= 0.6 is 40.0 Å². The first-order valence-electron chi connectivity index (χ1n) is 7.96. The van der Waals surface area contributed by atoms with Crippen LogP contribution in [0.2, 0.25) is 0 Å². The van der Waals surface area contributed by atoms with Crippen LogP contribution in [0.5, 0.6) is 0 Å². The van der Waals surface area contributed by atoms with Crippen molar-refractivity contribution >= 4 is 46.0 Å². The van der Waals surface area contributed by atoms with Crippen LogP contribution in [0.1, 0.15) is 22.3 Å². The Kier molecular flexibility index (Phi) is 9.31. The Hall–Kier alpha value is -0.556. The van der Waals surface area contributed by atoms with Gasteiger partial charge >= 0.3 is 49.4 Å². The second kappa shape index (κ2) is 11.2. The summed E-state index contributed by atoms with van der Waals surface area (Å²) in [4.78, 5) is 0. The van der Waals surface area contributed by atoms with Crippen molar-refractivity contribution in [2.45, 2.75) is 13.3 Å². The van der Waals surface area contributed by atoms with Crippen LogP contribution in [-0.2, 0) is 15.9 Å². The number of hydrogen-bond acceptors (Lipinski definition) is 0. The van der Waals surface area contributed by atoms with Crippen LogP contribution in [0, 0.1) is 6.92 Å². The van der Waals surface area contributed by atoms with Gasteiger partial charge in [0.1, 0.15) is 0 Å². The Morgan fingerprint density at radius 1 is 0.760 bits per heavy atom. The van der Waals surface area contributed by atoms with E-state index < -0.39 is 0 Å². The van der Waals surface area contributed by atoms with Crippen LogP contribution < -0.4 is 0 Å². The number of hydrogen-bond donors (Lipinski definition) is 0. The first-order chi connectivity index (χ1) is 12.2. The third-order valence-electron chi connectivity index (χ3n) is 3.96. The van der Waals surface area contributed by atoms with E-state index in [1.54, 1.807) is 0 Å². The molecule has 0 radical (unpaired) electrons. The summed E-state index contributed by atoms with van der Waals surface area (Å²) >= 11 is 4.74. The molecule has 127 valence electrons. The first-order valence-corrected chi connectivity index (χ1v) is 17.0. The molecule has 0 aliphatic carbocycles. The summed E-state index contributed by atoms with van der Waals surface area (Å²) in [5.74, 6) is 0. The molecule has 0 unspecified atom stereocenters. The van der Waals surface area contributed by atoms with Crippen molar-refractivity contribution < 1.29 is 9.47 Å². The average Bonchev–Trinajstić information content (AvgIpc) is 2.64. The summed E-state index contributed by atoms with van der Waals surface area (Å²) in [6.45, 7) is 5.90. The molecule has 0 bridgehead atoms. The molecule has 0 spiro atoms. The van der Waals surface area contributed by atoms with Gasteiger partial charge in [-0.3, -0.25) is 0 Å². The summed E-state index contributed by atoms with van der Waals surface area (Å²) in [7, 11) is 0.628. The van der Waals surface area contributed by atoms with Crippen molar-refractivity contribution in [3.63, 3.8) is 0 Å². The topological polar surface area (TPSA) is 0 Å². The Morgan fingerprint density at radius 2 is 1.16 bits per heavy atom. The van der Waals surface area contributed by atoms with Gasteiger partial charge in [-0.05, 0) is 41.2 Å². The predicted molar refractivity (Wildman–Crippen MR) is 124 cm³/mol. The van der Waals surface area contributed by atoms with Crippen molar-refractivity contribution in [1.82, 2.24) is 0 Å². The van der Waals surface area contributed by atoms with Crippen LogP contribution in [0.3, 0.4) is 0 Å². The SMILES string of the molecule is C=Cc1ccc(Cc2ccc(-c3ccc(C)cc3)cc2)cc1.[I][V][I]. The minimum absolute atomic E-state index is 0.628. The molecule has 0 aliphatic rings. The zero-order valence-corrected chi connectivity index (χ0v) is 19.8. The van der Waals surface area contributed by atoms with Gasteiger partial charge in [0, 0.05) is 0 Å². The third-order valence-corrected chi connectivity index (χ3v) is 3.96. The van der Waals surface area contributed by atoms with E-state index in [4.69, 9.17) is 0 Å². The molecular weight excluding hydrogens is 569 g/mol. The zero-order valence-electron chi connectivity index (χ0n) is 14.1. The fraction of sp³-hybridized carbons (Fsp3) is 0.0909. The maximum absolute atomic E-state index is 3.79. The quantitative estimate of drug-likeness (QED) is 0.274. The Bertz CT molecular complexity index is 776. The normalized spacial score (nSPS) is 9.72. The molecule has 0 heterocycles. The Morgan fingerprint density at radius 3 is 1.60 bits per heavy atom. The second-order valence-electron chi connectivity index (χ2n) is 5.75. The molecule has 3 heteroatoms. The fourth-order valence-electron chi connectivity index (χ4n) is 2.57. The van der Waals surface area contributed by atoms with Crippen LogP contribution in [0.25, 0.3) is 17.2 Å². The fourth-order valence-corrected chi connectivity index (χ4v) is 2.57. The number of halogens is 2. The molecule has 3 aromatic carbocycles. The van der Waals surface area contributed by atoms with E-state index >= 15 is 0 Å². The van der Waals surface area contributed by atoms with Gasteiger partial charge in [0.25, 0.3) is 0 Å². The molecule has 0 fully saturated rings. The van der Waals surface area contributed by atoms with Crippen molar-refractivity contribution in [1.29, 1.82) is 0 Å². The molecule has 0 aromatic heterocycles. The maximum atomic E-state index is 3.79. The van der Waals surface area contributed by atoms with Gasteiger partial charge in [-0.25, -0.2) is 0 Å². The number of rotatable bonds is 4. The molecule has 0 saturated carbocycles.